The molecular weight excluding hydrogens is 364 g/mol. The van der Waals surface area contributed by atoms with Gasteiger partial charge in [-0.25, -0.2) is 8.42 Å². The summed E-state index contributed by atoms with van der Waals surface area (Å²) in [6, 6.07) is 13.3. The van der Waals surface area contributed by atoms with Gasteiger partial charge in [-0.05, 0) is 50.1 Å². The predicted molar refractivity (Wildman–Crippen MR) is 109 cm³/mol. The lowest BCUT2D eigenvalue weighted by Crippen LogP contribution is -2.45. The molecule has 0 fully saturated rings. The van der Waals surface area contributed by atoms with Gasteiger partial charge in [0.15, 0.2) is 0 Å². The Kier molecular flexibility index (Phi) is 6.85. The second kappa shape index (κ2) is 8.90. The number of hydrogen-bond acceptors (Lipinski definition) is 4. The highest BCUT2D eigenvalue weighted by molar-refractivity contribution is 7.92. The molecule has 0 aliphatic carbocycles. The average molecular weight is 391 g/mol. The van der Waals surface area contributed by atoms with Crippen LogP contribution in [0.5, 0.6) is 5.75 Å². The van der Waals surface area contributed by atoms with Gasteiger partial charge in [0.1, 0.15) is 11.8 Å². The van der Waals surface area contributed by atoms with Crippen LogP contribution in [-0.2, 0) is 21.2 Å². The van der Waals surface area contributed by atoms with E-state index < -0.39 is 22.0 Å². The van der Waals surface area contributed by atoms with Gasteiger partial charge < -0.3 is 10.1 Å². The van der Waals surface area contributed by atoms with E-state index in [1.807, 2.05) is 26.0 Å². The van der Waals surface area contributed by atoms with E-state index >= 15 is 0 Å². The van der Waals surface area contributed by atoms with Crippen molar-refractivity contribution in [2.75, 3.05) is 22.5 Å². The number of rotatable bonds is 8. The Morgan fingerprint density at radius 1 is 1.15 bits per heavy atom. The van der Waals surface area contributed by atoms with Gasteiger partial charge >= 0.3 is 0 Å². The van der Waals surface area contributed by atoms with Crippen molar-refractivity contribution in [3.8, 4) is 5.75 Å². The lowest BCUT2D eigenvalue weighted by atomic mass is 10.1. The summed E-state index contributed by atoms with van der Waals surface area (Å²) in [6.07, 6.45) is 1.95. The number of aryl methyl sites for hydroxylation is 1. The van der Waals surface area contributed by atoms with Gasteiger partial charge in [-0.15, -0.1) is 0 Å². The monoisotopic (exact) mass is 390 g/mol. The minimum Gasteiger partial charge on any atom is -0.494 e. The van der Waals surface area contributed by atoms with Gasteiger partial charge in [0.25, 0.3) is 0 Å². The largest absolute Gasteiger partial charge is 0.494 e. The molecule has 2 aromatic carbocycles. The van der Waals surface area contributed by atoms with Crippen molar-refractivity contribution < 1.29 is 17.9 Å². The summed E-state index contributed by atoms with van der Waals surface area (Å²) >= 11 is 0. The third-order valence-electron chi connectivity index (χ3n) is 4.10. The van der Waals surface area contributed by atoms with Crippen LogP contribution in [-0.4, -0.2) is 33.2 Å². The van der Waals surface area contributed by atoms with Crippen molar-refractivity contribution in [2.45, 2.75) is 33.2 Å². The Balaban J connectivity index is 2.25. The fraction of sp³-hybridized carbons (Fsp3) is 0.350. The van der Waals surface area contributed by atoms with Crippen molar-refractivity contribution in [1.82, 2.24) is 0 Å². The molecule has 7 heteroatoms. The Morgan fingerprint density at radius 2 is 1.81 bits per heavy atom. The van der Waals surface area contributed by atoms with Gasteiger partial charge in [-0.2, -0.15) is 0 Å². The quantitative estimate of drug-likeness (QED) is 0.749. The first-order valence-corrected chi connectivity index (χ1v) is 10.7. The molecule has 1 atom stereocenters. The number of carbonyl (C=O) groups excluding carboxylic acids is 1. The van der Waals surface area contributed by atoms with Crippen molar-refractivity contribution >= 4 is 27.3 Å². The normalized spacial score (nSPS) is 12.3. The molecule has 0 saturated carbocycles. The fourth-order valence-corrected chi connectivity index (χ4v) is 3.94. The number of hydrogen-bond donors (Lipinski definition) is 1. The van der Waals surface area contributed by atoms with Crippen LogP contribution in [0.15, 0.2) is 48.5 Å². The molecule has 0 aliphatic rings. The van der Waals surface area contributed by atoms with Gasteiger partial charge in [0.2, 0.25) is 15.9 Å². The highest BCUT2D eigenvalue weighted by atomic mass is 32.2. The maximum absolute atomic E-state index is 12.7. The summed E-state index contributed by atoms with van der Waals surface area (Å²) in [5, 5.41) is 2.76. The predicted octanol–water partition coefficient (Wildman–Crippen LogP) is 3.44. The molecule has 146 valence electrons. The zero-order valence-corrected chi connectivity index (χ0v) is 16.9. The molecule has 0 radical (unpaired) electrons. The van der Waals surface area contributed by atoms with E-state index in [9.17, 15) is 13.2 Å². The van der Waals surface area contributed by atoms with E-state index in [1.165, 1.54) is 0 Å². The van der Waals surface area contributed by atoms with Gasteiger partial charge in [-0.1, -0.05) is 25.1 Å². The van der Waals surface area contributed by atoms with Crippen LogP contribution in [0.3, 0.4) is 0 Å². The number of ether oxygens (including phenoxy) is 1. The number of amides is 1. The molecule has 1 N–H and O–H groups in total. The number of nitrogens with zero attached hydrogens (tertiary/aromatic N) is 1. The van der Waals surface area contributed by atoms with E-state index in [0.29, 0.717) is 23.7 Å². The summed E-state index contributed by atoms with van der Waals surface area (Å²) in [4.78, 5) is 12.7. The van der Waals surface area contributed by atoms with Crippen LogP contribution in [0.25, 0.3) is 0 Å². The first kappa shape index (κ1) is 20.8. The fourth-order valence-electron chi connectivity index (χ4n) is 2.76. The molecule has 0 unspecified atom stereocenters. The SMILES string of the molecule is CCOc1cccc(NC(=O)[C@@H](C)N(c2ccc(CC)cc2)S(C)(=O)=O)c1. The summed E-state index contributed by atoms with van der Waals surface area (Å²) in [5.41, 5.74) is 2.10. The Hall–Kier alpha value is -2.54. The topological polar surface area (TPSA) is 75.7 Å². The number of anilines is 2. The molecule has 0 aliphatic heterocycles. The van der Waals surface area contributed by atoms with Gasteiger partial charge in [-0.3, -0.25) is 9.10 Å². The van der Waals surface area contributed by atoms with Crippen LogP contribution in [0, 0.1) is 0 Å². The maximum atomic E-state index is 12.7. The van der Waals surface area contributed by atoms with Crippen LogP contribution < -0.4 is 14.4 Å². The van der Waals surface area contributed by atoms with Gasteiger partial charge in [0.05, 0.1) is 18.6 Å². The standard InChI is InChI=1S/C20H26N2O4S/c1-5-16-10-12-18(13-11-16)22(27(4,24)25)15(3)20(23)21-17-8-7-9-19(14-17)26-6-2/h7-15H,5-6H2,1-4H3,(H,21,23)/t15-/m1/s1. The Bertz CT molecular complexity index is 879. The van der Waals surface area contributed by atoms with Crippen LogP contribution in [0.1, 0.15) is 26.3 Å². The number of nitrogens with one attached hydrogen (secondary N) is 1. The van der Waals surface area contributed by atoms with Crippen LogP contribution >= 0.6 is 0 Å². The summed E-state index contributed by atoms with van der Waals surface area (Å²) < 4.78 is 31.3. The second-order valence-electron chi connectivity index (χ2n) is 6.20. The first-order valence-electron chi connectivity index (χ1n) is 8.88. The minimum absolute atomic E-state index is 0.423. The molecule has 1 amide bonds. The van der Waals surface area contributed by atoms with E-state index in [-0.39, 0.29) is 0 Å². The number of benzene rings is 2. The second-order valence-corrected chi connectivity index (χ2v) is 8.06. The molecule has 0 aromatic heterocycles. The zero-order valence-electron chi connectivity index (χ0n) is 16.1. The van der Waals surface area contributed by atoms with Gasteiger partial charge in [0, 0.05) is 11.8 Å². The lowest BCUT2D eigenvalue weighted by Gasteiger charge is -2.28. The third kappa shape index (κ3) is 5.47. The number of sulfonamides is 1. The lowest BCUT2D eigenvalue weighted by molar-refractivity contribution is -0.116. The molecular formula is C20H26N2O4S. The first-order chi connectivity index (χ1) is 12.8. The minimum atomic E-state index is -3.64. The van der Waals surface area contributed by atoms with E-state index in [0.717, 1.165) is 22.5 Å². The van der Waals surface area contributed by atoms with E-state index in [4.69, 9.17) is 4.74 Å². The maximum Gasteiger partial charge on any atom is 0.247 e. The molecule has 0 spiro atoms. The molecule has 6 nitrogen and oxygen atoms in total. The molecule has 2 rings (SSSR count). The summed E-state index contributed by atoms with van der Waals surface area (Å²) in [6.45, 7) is 5.98. The molecule has 27 heavy (non-hydrogen) atoms. The Labute approximate surface area is 161 Å². The average Bonchev–Trinajstić information content (AvgIpc) is 2.62. The molecule has 0 saturated heterocycles. The molecule has 2 aromatic rings. The summed E-state index contributed by atoms with van der Waals surface area (Å²) in [5.74, 6) is 0.215. The van der Waals surface area contributed by atoms with Crippen molar-refractivity contribution in [3.63, 3.8) is 0 Å². The van der Waals surface area contributed by atoms with Crippen LogP contribution in [0.2, 0.25) is 0 Å². The highest BCUT2D eigenvalue weighted by Gasteiger charge is 2.29. The smallest absolute Gasteiger partial charge is 0.247 e. The summed E-state index contributed by atoms with van der Waals surface area (Å²) in [7, 11) is -3.64. The van der Waals surface area contributed by atoms with Crippen LogP contribution in [0.4, 0.5) is 11.4 Å². The van der Waals surface area contributed by atoms with Crippen molar-refractivity contribution in [1.29, 1.82) is 0 Å². The van der Waals surface area contributed by atoms with Crippen molar-refractivity contribution in [2.24, 2.45) is 0 Å². The van der Waals surface area contributed by atoms with E-state index in [2.05, 4.69) is 5.32 Å². The highest BCUT2D eigenvalue weighted by Crippen LogP contribution is 2.23. The Morgan fingerprint density at radius 3 is 2.37 bits per heavy atom. The number of carbonyl (C=O) groups is 1. The third-order valence-corrected chi connectivity index (χ3v) is 5.34. The van der Waals surface area contributed by atoms with E-state index in [1.54, 1.807) is 43.3 Å². The molecule has 0 bridgehead atoms. The molecule has 0 heterocycles. The van der Waals surface area contributed by atoms with Crippen molar-refractivity contribution in [3.05, 3.63) is 54.1 Å². The zero-order chi connectivity index (χ0) is 20.0.